The Labute approximate surface area is 537 Å². The number of likely N-dealkylation sites (N-methyl/N-ethyl adjacent to an activating group) is 1. The maximum Gasteiger partial charge on any atom is 0.229 e. The lowest BCUT2D eigenvalue weighted by Gasteiger charge is -2.29. The van der Waals surface area contributed by atoms with E-state index in [2.05, 4.69) is 90.8 Å². The summed E-state index contributed by atoms with van der Waals surface area (Å²) in [6.07, 6.45) is 14.8. The molecule has 474 valence electrons. The van der Waals surface area contributed by atoms with E-state index in [1.54, 1.807) is 21.3 Å². The molecule has 2 unspecified atom stereocenters. The number of nitrogens with zero attached hydrogens (tertiary/aromatic N) is 15. The SMILES string of the molecule is COc1ccc2cc(Nc3ncc4c(CC(C)c5cnc6cc(CC(C)c7cnc8ccc9cnc(Nc%10ccc(OCCN(C)C)cc%10OC)nc9n78)c7cnc(Nc8ccc(OC9CCN(C)CC9)cc8OC)nc7n56)cc5ncc(C(C)C)n5c4n3)ccc2n1. The van der Waals surface area contributed by atoms with Crippen molar-refractivity contribution < 1.29 is 23.7 Å². The van der Waals surface area contributed by atoms with Crippen molar-refractivity contribution in [2.45, 2.75) is 77.2 Å². The third kappa shape index (κ3) is 12.1. The minimum atomic E-state index is -0.0929. The molecule has 23 heteroatoms. The Balaban J connectivity index is 0.815. The van der Waals surface area contributed by atoms with Crippen LogP contribution in [0.3, 0.4) is 0 Å². The van der Waals surface area contributed by atoms with Crippen molar-refractivity contribution in [2.24, 2.45) is 0 Å². The highest BCUT2D eigenvalue weighted by molar-refractivity contribution is 5.87. The van der Waals surface area contributed by atoms with E-state index in [1.165, 1.54) is 0 Å². The number of pyridine rings is 4. The lowest BCUT2D eigenvalue weighted by Crippen LogP contribution is -2.35. The summed E-state index contributed by atoms with van der Waals surface area (Å²) < 4.78 is 36.1. The van der Waals surface area contributed by atoms with Crippen LogP contribution in [0, 0.1) is 0 Å². The summed E-state index contributed by atoms with van der Waals surface area (Å²) in [6, 6.07) is 29.7. The summed E-state index contributed by atoms with van der Waals surface area (Å²) in [5, 5.41) is 14.0. The van der Waals surface area contributed by atoms with Gasteiger partial charge >= 0.3 is 0 Å². The highest BCUT2D eigenvalue weighted by Crippen LogP contribution is 2.38. The zero-order valence-electron chi connectivity index (χ0n) is 53.8. The number of rotatable bonds is 22. The van der Waals surface area contributed by atoms with Crippen molar-refractivity contribution in [1.29, 1.82) is 0 Å². The second kappa shape index (κ2) is 25.3. The third-order valence-electron chi connectivity index (χ3n) is 17.5. The van der Waals surface area contributed by atoms with Crippen molar-refractivity contribution >= 4 is 95.9 Å². The van der Waals surface area contributed by atoms with E-state index < -0.39 is 0 Å². The average molecular weight is 1250 g/mol. The number of nitrogens with one attached hydrogen (secondary N) is 3. The van der Waals surface area contributed by atoms with E-state index in [1.807, 2.05) is 130 Å². The van der Waals surface area contributed by atoms with Crippen LogP contribution in [0.1, 0.15) is 86.5 Å². The van der Waals surface area contributed by atoms with Gasteiger partial charge in [-0.15, -0.1) is 0 Å². The van der Waals surface area contributed by atoms with Gasteiger partial charge in [0.15, 0.2) is 16.9 Å². The Morgan fingerprint density at radius 1 is 0.527 bits per heavy atom. The fourth-order valence-corrected chi connectivity index (χ4v) is 12.5. The summed E-state index contributed by atoms with van der Waals surface area (Å²) >= 11 is 0. The lowest BCUT2D eigenvalue weighted by atomic mass is 9.96. The number of fused-ring (bicyclic) bond motifs is 10. The van der Waals surface area contributed by atoms with Gasteiger partial charge in [-0.05, 0) is 137 Å². The first kappa shape index (κ1) is 60.1. The van der Waals surface area contributed by atoms with Gasteiger partial charge in [0.25, 0.3) is 0 Å². The van der Waals surface area contributed by atoms with E-state index in [4.69, 9.17) is 68.5 Å². The molecule has 1 saturated heterocycles. The van der Waals surface area contributed by atoms with Crippen LogP contribution in [-0.2, 0) is 12.8 Å². The fraction of sp³-hybridized carbons (Fsp3) is 0.314. The van der Waals surface area contributed by atoms with Gasteiger partial charge in [-0.3, -0.25) is 13.2 Å². The first-order valence-electron chi connectivity index (χ1n) is 31.4. The maximum absolute atomic E-state index is 6.48. The molecular formula is C70H74N18O5. The first-order chi connectivity index (χ1) is 45.2. The van der Waals surface area contributed by atoms with Crippen LogP contribution in [0.4, 0.5) is 34.9 Å². The topological polar surface area (TPSA) is 231 Å². The van der Waals surface area contributed by atoms with Crippen molar-refractivity contribution in [3.05, 3.63) is 156 Å². The van der Waals surface area contributed by atoms with Crippen molar-refractivity contribution in [1.82, 2.24) is 72.8 Å². The Kier molecular flexibility index (Phi) is 16.3. The summed E-state index contributed by atoms with van der Waals surface area (Å²) in [7, 11) is 11.1. The number of aromatic nitrogens is 13. The Morgan fingerprint density at radius 3 is 1.71 bits per heavy atom. The highest BCUT2D eigenvalue weighted by Gasteiger charge is 2.25. The molecule has 1 fully saturated rings. The quantitative estimate of drug-likeness (QED) is 0.0572. The molecule has 3 aromatic carbocycles. The summed E-state index contributed by atoms with van der Waals surface area (Å²) in [6.45, 7) is 12.1. The predicted octanol–water partition coefficient (Wildman–Crippen LogP) is 12.5. The van der Waals surface area contributed by atoms with E-state index >= 15 is 0 Å². The largest absolute Gasteiger partial charge is 0.494 e. The second-order valence-electron chi connectivity index (χ2n) is 24.6. The number of hydrogen-bond acceptors (Lipinski definition) is 20. The summed E-state index contributed by atoms with van der Waals surface area (Å²) in [5.41, 5.74) is 12.6. The molecule has 0 saturated carbocycles. The Bertz CT molecular complexity index is 4940. The Hall–Kier alpha value is -10.5. The molecule has 2 atom stereocenters. The summed E-state index contributed by atoms with van der Waals surface area (Å²) in [4.78, 5) is 54.5. The van der Waals surface area contributed by atoms with Gasteiger partial charge in [-0.25, -0.2) is 34.9 Å². The van der Waals surface area contributed by atoms with Crippen LogP contribution in [0.25, 0.3) is 60.9 Å². The van der Waals surface area contributed by atoms with Crippen LogP contribution in [0.2, 0.25) is 0 Å². The normalized spacial score (nSPS) is 13.9. The molecule has 1 aliphatic rings. The monoisotopic (exact) mass is 1250 g/mol. The molecule has 0 radical (unpaired) electrons. The van der Waals surface area contributed by atoms with Gasteiger partial charge < -0.3 is 49.4 Å². The third-order valence-corrected chi connectivity index (χ3v) is 17.5. The van der Waals surface area contributed by atoms with E-state index in [-0.39, 0.29) is 23.9 Å². The average Bonchev–Trinajstić information content (AvgIpc) is 1.71. The number of likely N-dealkylation sites (tertiary alicyclic amines) is 1. The molecule has 23 nitrogen and oxygen atoms in total. The number of hydrogen-bond donors (Lipinski definition) is 3. The van der Waals surface area contributed by atoms with E-state index in [0.717, 1.165) is 122 Å². The zero-order chi connectivity index (χ0) is 64.0. The van der Waals surface area contributed by atoms with Crippen LogP contribution >= 0.6 is 0 Å². The zero-order valence-corrected chi connectivity index (χ0v) is 53.8. The van der Waals surface area contributed by atoms with Crippen molar-refractivity contribution in [2.75, 3.05) is 84.7 Å². The molecular weight excluding hydrogens is 1170 g/mol. The Morgan fingerprint density at radius 2 is 1.09 bits per heavy atom. The summed E-state index contributed by atoms with van der Waals surface area (Å²) in [5.74, 6) is 4.49. The molecule has 14 rings (SSSR count). The van der Waals surface area contributed by atoms with Gasteiger partial charge in [0.05, 0.1) is 38.2 Å². The molecule has 10 aromatic heterocycles. The van der Waals surface area contributed by atoms with Crippen molar-refractivity contribution in [3.63, 3.8) is 0 Å². The first-order valence-corrected chi connectivity index (χ1v) is 31.4. The van der Waals surface area contributed by atoms with Gasteiger partial charge in [0.1, 0.15) is 52.7 Å². The smallest absolute Gasteiger partial charge is 0.229 e. The highest BCUT2D eigenvalue weighted by atomic mass is 16.5. The molecule has 11 heterocycles. The molecule has 0 amide bonds. The van der Waals surface area contributed by atoms with Crippen LogP contribution < -0.4 is 39.6 Å². The standard InChI is InChI=1S/C70H74N18O5/c1-40(2)56-37-72-62-30-45(51-35-75-68(82-66(51)86(56)62)77-47-13-16-53-43(29-47)12-20-64(78-53)91-10)28-42(4)58-39-73-63-31-46(52-36-76-70(83-67(52)88(58)63)80-55-18-15-50(33-60(55)90-9)93-48-21-23-85(7)24-22-48)27-41(3)57-38-71-61-19-11-44-34-74-69(81-65(44)87(57)61)79-54-17-14-49(32-59(54)89-8)92-26-25-84(5)6/h11-20,29-42,48H,21-28H2,1-10H3,(H,74,79,81)(H,75,77,82)(H,76,80,83). The maximum atomic E-state index is 6.48. The predicted molar refractivity (Wildman–Crippen MR) is 363 cm³/mol. The number of ether oxygens (including phenoxy) is 5. The lowest BCUT2D eigenvalue weighted by molar-refractivity contribution is 0.114. The van der Waals surface area contributed by atoms with E-state index in [0.29, 0.717) is 83.1 Å². The van der Waals surface area contributed by atoms with Gasteiger partial charge in [0, 0.05) is 131 Å². The number of methoxy groups -OCH3 is 3. The fourth-order valence-electron chi connectivity index (χ4n) is 12.5. The van der Waals surface area contributed by atoms with E-state index in [9.17, 15) is 0 Å². The van der Waals surface area contributed by atoms with Gasteiger partial charge in [-0.1, -0.05) is 27.7 Å². The number of benzene rings is 3. The molecule has 3 N–H and O–H groups in total. The molecule has 0 spiro atoms. The number of piperidine rings is 1. The van der Waals surface area contributed by atoms with Gasteiger partial charge in [-0.2, -0.15) is 15.0 Å². The minimum absolute atomic E-state index is 0.0806. The van der Waals surface area contributed by atoms with Crippen LogP contribution in [0.15, 0.2) is 128 Å². The van der Waals surface area contributed by atoms with Gasteiger partial charge in [0.2, 0.25) is 23.7 Å². The molecule has 93 heavy (non-hydrogen) atoms. The van der Waals surface area contributed by atoms with Crippen molar-refractivity contribution in [3.8, 4) is 28.9 Å². The number of imidazole rings is 3. The molecule has 1 aliphatic heterocycles. The van der Waals surface area contributed by atoms with Crippen LogP contribution in [-0.4, -0.2) is 148 Å². The number of anilines is 6. The molecule has 13 aromatic rings. The minimum Gasteiger partial charge on any atom is -0.494 e. The molecule has 0 aliphatic carbocycles. The van der Waals surface area contributed by atoms with Crippen LogP contribution in [0.5, 0.6) is 28.9 Å². The second-order valence-corrected chi connectivity index (χ2v) is 24.6. The molecule has 0 bridgehead atoms.